The van der Waals surface area contributed by atoms with E-state index < -0.39 is 0 Å². The second-order valence-corrected chi connectivity index (χ2v) is 5.59. The zero-order valence-corrected chi connectivity index (χ0v) is 12.0. The van der Waals surface area contributed by atoms with Crippen LogP contribution in [0.4, 0.5) is 0 Å². The van der Waals surface area contributed by atoms with E-state index in [0.29, 0.717) is 10.7 Å². The zero-order valence-electron chi connectivity index (χ0n) is 10.4. The molecule has 1 heterocycles. The molecule has 3 heteroatoms. The van der Waals surface area contributed by atoms with Gasteiger partial charge in [0.2, 0.25) is 0 Å². The van der Waals surface area contributed by atoms with E-state index in [1.165, 1.54) is 24.0 Å². The van der Waals surface area contributed by atoms with Gasteiger partial charge in [0.05, 0.1) is 13.7 Å². The van der Waals surface area contributed by atoms with Crippen LogP contribution in [0.15, 0.2) is 18.2 Å². The van der Waals surface area contributed by atoms with Gasteiger partial charge in [0, 0.05) is 11.4 Å². The highest BCUT2D eigenvalue weighted by molar-refractivity contribution is 9.09. The molecule has 2 unspecified atom stereocenters. The molecule has 0 saturated carbocycles. The standard InChI is InChI=1S/C14H19BrO2/c1-10-8-11(5-6-13(10)16-2)14(15)12-4-3-7-17-9-12/h5-6,8,12,14H,3-4,7,9H2,1-2H3. The highest BCUT2D eigenvalue weighted by Crippen LogP contribution is 2.37. The lowest BCUT2D eigenvalue weighted by atomic mass is 9.93. The Morgan fingerprint density at radius 1 is 1.47 bits per heavy atom. The Morgan fingerprint density at radius 3 is 2.88 bits per heavy atom. The van der Waals surface area contributed by atoms with Crippen LogP contribution in [0.1, 0.15) is 28.8 Å². The molecule has 1 aliphatic heterocycles. The third kappa shape index (κ3) is 3.02. The summed E-state index contributed by atoms with van der Waals surface area (Å²) in [6.07, 6.45) is 2.41. The lowest BCUT2D eigenvalue weighted by Gasteiger charge is -2.27. The molecule has 0 radical (unpaired) electrons. The van der Waals surface area contributed by atoms with E-state index in [9.17, 15) is 0 Å². The second-order valence-electron chi connectivity index (χ2n) is 4.61. The number of rotatable bonds is 3. The molecule has 2 rings (SSSR count). The van der Waals surface area contributed by atoms with Crippen LogP contribution < -0.4 is 4.74 Å². The van der Waals surface area contributed by atoms with Gasteiger partial charge in [-0.15, -0.1) is 0 Å². The molecule has 1 saturated heterocycles. The summed E-state index contributed by atoms with van der Waals surface area (Å²) in [6, 6.07) is 6.38. The van der Waals surface area contributed by atoms with Crippen LogP contribution >= 0.6 is 15.9 Å². The molecule has 0 amide bonds. The van der Waals surface area contributed by atoms with Crippen LogP contribution in [0, 0.1) is 12.8 Å². The Labute approximate surface area is 111 Å². The van der Waals surface area contributed by atoms with Gasteiger partial charge in [0.1, 0.15) is 5.75 Å². The van der Waals surface area contributed by atoms with Crippen molar-refractivity contribution in [2.24, 2.45) is 5.92 Å². The van der Waals surface area contributed by atoms with Gasteiger partial charge in [-0.05, 0) is 42.9 Å². The first kappa shape index (κ1) is 12.9. The third-order valence-corrected chi connectivity index (χ3v) is 4.62. The molecule has 1 aliphatic rings. The first-order chi connectivity index (χ1) is 8.22. The first-order valence-corrected chi connectivity index (χ1v) is 7.00. The monoisotopic (exact) mass is 298 g/mol. The van der Waals surface area contributed by atoms with Crippen molar-refractivity contribution in [1.82, 2.24) is 0 Å². The van der Waals surface area contributed by atoms with Crippen LogP contribution in [0.5, 0.6) is 5.75 Å². The highest BCUT2D eigenvalue weighted by atomic mass is 79.9. The quantitative estimate of drug-likeness (QED) is 0.789. The third-order valence-electron chi connectivity index (χ3n) is 3.35. The SMILES string of the molecule is COc1ccc(C(Br)C2CCCOC2)cc1C. The molecule has 1 fully saturated rings. The van der Waals surface area contributed by atoms with Crippen LogP contribution in [-0.2, 0) is 4.74 Å². The number of methoxy groups -OCH3 is 1. The Kier molecular flexibility index (Phi) is 4.46. The lowest BCUT2D eigenvalue weighted by molar-refractivity contribution is 0.0546. The van der Waals surface area contributed by atoms with Crippen molar-refractivity contribution >= 4 is 15.9 Å². The van der Waals surface area contributed by atoms with Gasteiger partial charge in [-0.2, -0.15) is 0 Å². The fourth-order valence-corrected chi connectivity index (χ4v) is 3.04. The van der Waals surface area contributed by atoms with Crippen molar-refractivity contribution in [3.05, 3.63) is 29.3 Å². The molecule has 2 nitrogen and oxygen atoms in total. The number of halogens is 1. The fraction of sp³-hybridized carbons (Fsp3) is 0.571. The number of hydrogen-bond acceptors (Lipinski definition) is 2. The molecule has 1 aromatic rings. The summed E-state index contributed by atoms with van der Waals surface area (Å²) in [5.41, 5.74) is 2.50. The summed E-state index contributed by atoms with van der Waals surface area (Å²) in [5.74, 6) is 1.53. The molecular weight excluding hydrogens is 280 g/mol. The second kappa shape index (κ2) is 5.87. The molecule has 94 valence electrons. The average Bonchev–Trinajstić information content (AvgIpc) is 2.39. The summed E-state index contributed by atoms with van der Waals surface area (Å²) in [6.45, 7) is 3.86. The number of hydrogen-bond donors (Lipinski definition) is 0. The molecule has 0 spiro atoms. The van der Waals surface area contributed by atoms with Gasteiger partial charge in [0.15, 0.2) is 0 Å². The van der Waals surface area contributed by atoms with Gasteiger partial charge in [0.25, 0.3) is 0 Å². The summed E-state index contributed by atoms with van der Waals surface area (Å²) in [5, 5.41) is 0. The van der Waals surface area contributed by atoms with Crippen molar-refractivity contribution < 1.29 is 9.47 Å². The maximum Gasteiger partial charge on any atom is 0.121 e. The summed E-state index contributed by atoms with van der Waals surface area (Å²) < 4.78 is 10.8. The van der Waals surface area contributed by atoms with E-state index in [1.54, 1.807) is 7.11 Å². The largest absolute Gasteiger partial charge is 0.496 e. The average molecular weight is 299 g/mol. The smallest absolute Gasteiger partial charge is 0.121 e. The minimum atomic E-state index is 0.382. The van der Waals surface area contributed by atoms with Gasteiger partial charge in [-0.3, -0.25) is 0 Å². The zero-order chi connectivity index (χ0) is 12.3. The molecule has 0 N–H and O–H groups in total. The van der Waals surface area contributed by atoms with E-state index in [2.05, 4.69) is 35.0 Å². The normalized spacial score (nSPS) is 22.2. The molecule has 0 bridgehead atoms. The summed E-state index contributed by atoms with van der Waals surface area (Å²) in [7, 11) is 1.71. The highest BCUT2D eigenvalue weighted by Gasteiger charge is 2.23. The number of benzene rings is 1. The maximum atomic E-state index is 5.55. The minimum Gasteiger partial charge on any atom is -0.496 e. The van der Waals surface area contributed by atoms with Gasteiger partial charge >= 0.3 is 0 Å². The molecule has 2 atom stereocenters. The predicted molar refractivity (Wildman–Crippen MR) is 72.9 cm³/mol. The topological polar surface area (TPSA) is 18.5 Å². The van der Waals surface area contributed by atoms with Crippen molar-refractivity contribution in [1.29, 1.82) is 0 Å². The number of aryl methyl sites for hydroxylation is 1. The van der Waals surface area contributed by atoms with Crippen molar-refractivity contribution in [2.45, 2.75) is 24.6 Å². The summed E-state index contributed by atoms with van der Waals surface area (Å²) in [4.78, 5) is 0.382. The molecule has 0 aliphatic carbocycles. The molecule has 17 heavy (non-hydrogen) atoms. The Hall–Kier alpha value is -0.540. The maximum absolute atomic E-state index is 5.55. The van der Waals surface area contributed by atoms with E-state index in [0.717, 1.165) is 19.0 Å². The lowest BCUT2D eigenvalue weighted by Crippen LogP contribution is -2.21. The number of ether oxygens (including phenoxy) is 2. The van der Waals surface area contributed by atoms with Crippen molar-refractivity contribution in [3.63, 3.8) is 0 Å². The van der Waals surface area contributed by atoms with E-state index >= 15 is 0 Å². The molecule has 1 aromatic carbocycles. The van der Waals surface area contributed by atoms with Gasteiger partial charge < -0.3 is 9.47 Å². The van der Waals surface area contributed by atoms with Crippen molar-refractivity contribution in [2.75, 3.05) is 20.3 Å². The van der Waals surface area contributed by atoms with Gasteiger partial charge in [-0.1, -0.05) is 28.1 Å². The van der Waals surface area contributed by atoms with Crippen LogP contribution in [-0.4, -0.2) is 20.3 Å². The minimum absolute atomic E-state index is 0.382. The Balaban J connectivity index is 2.12. The van der Waals surface area contributed by atoms with Crippen LogP contribution in [0.2, 0.25) is 0 Å². The molecular formula is C14H19BrO2. The number of alkyl halides is 1. The van der Waals surface area contributed by atoms with E-state index in [1.807, 2.05) is 6.07 Å². The van der Waals surface area contributed by atoms with E-state index in [-0.39, 0.29) is 0 Å². The van der Waals surface area contributed by atoms with Gasteiger partial charge in [-0.25, -0.2) is 0 Å². The van der Waals surface area contributed by atoms with Crippen molar-refractivity contribution in [3.8, 4) is 5.75 Å². The Morgan fingerprint density at radius 2 is 2.29 bits per heavy atom. The Bertz CT molecular complexity index is 372. The van der Waals surface area contributed by atoms with E-state index in [4.69, 9.17) is 9.47 Å². The summed E-state index contributed by atoms with van der Waals surface area (Å²) >= 11 is 3.81. The molecule has 0 aromatic heterocycles. The fourth-order valence-electron chi connectivity index (χ4n) is 2.34. The van der Waals surface area contributed by atoms with Crippen LogP contribution in [0.3, 0.4) is 0 Å². The first-order valence-electron chi connectivity index (χ1n) is 6.08. The van der Waals surface area contributed by atoms with Crippen LogP contribution in [0.25, 0.3) is 0 Å². The predicted octanol–water partition coefficient (Wildman–Crippen LogP) is 3.87.